The molecule has 0 fully saturated rings. The number of ether oxygens (including phenoxy) is 1. The van der Waals surface area contributed by atoms with Crippen molar-refractivity contribution in [3.8, 4) is 5.75 Å². The SMILES string of the molecule is CC1(c2ccccc2)Oc2ccccc2S(=O)(=O)O1. The molecule has 0 spiro atoms. The highest BCUT2D eigenvalue weighted by Crippen LogP contribution is 2.41. The Morgan fingerprint density at radius 3 is 2.32 bits per heavy atom. The van der Waals surface area contributed by atoms with Gasteiger partial charge in [-0.05, 0) is 12.1 Å². The number of fused-ring (bicyclic) bond motifs is 1. The van der Waals surface area contributed by atoms with Gasteiger partial charge >= 0.3 is 10.1 Å². The maximum absolute atomic E-state index is 12.2. The third-order valence-electron chi connectivity index (χ3n) is 2.99. The van der Waals surface area contributed by atoms with E-state index in [9.17, 15) is 8.42 Å². The first-order valence-electron chi connectivity index (χ1n) is 5.80. The lowest BCUT2D eigenvalue weighted by atomic mass is 10.1. The zero-order valence-corrected chi connectivity index (χ0v) is 11.1. The van der Waals surface area contributed by atoms with Gasteiger partial charge in [-0.15, -0.1) is 0 Å². The van der Waals surface area contributed by atoms with Gasteiger partial charge in [0.15, 0.2) is 0 Å². The molecule has 98 valence electrons. The second-order valence-electron chi connectivity index (χ2n) is 4.40. The lowest BCUT2D eigenvalue weighted by molar-refractivity contribution is -0.111. The fourth-order valence-corrected chi connectivity index (χ4v) is 3.31. The number of hydrogen-bond donors (Lipinski definition) is 0. The lowest BCUT2D eigenvalue weighted by Gasteiger charge is -2.34. The number of rotatable bonds is 1. The molecule has 0 saturated heterocycles. The quantitative estimate of drug-likeness (QED) is 0.751. The van der Waals surface area contributed by atoms with Crippen molar-refractivity contribution < 1.29 is 17.3 Å². The van der Waals surface area contributed by atoms with Gasteiger partial charge in [0.25, 0.3) is 5.79 Å². The van der Waals surface area contributed by atoms with E-state index in [0.29, 0.717) is 11.3 Å². The van der Waals surface area contributed by atoms with Crippen LogP contribution in [0.25, 0.3) is 0 Å². The summed E-state index contributed by atoms with van der Waals surface area (Å²) in [4.78, 5) is 0.0587. The second kappa shape index (κ2) is 4.08. The number of benzene rings is 2. The molecule has 5 heteroatoms. The summed E-state index contributed by atoms with van der Waals surface area (Å²) in [6.45, 7) is 1.59. The maximum atomic E-state index is 12.2. The highest BCUT2D eigenvalue weighted by atomic mass is 32.2. The molecular weight excluding hydrogens is 264 g/mol. The van der Waals surface area contributed by atoms with E-state index in [2.05, 4.69) is 0 Å². The predicted molar refractivity (Wildman–Crippen MR) is 69.1 cm³/mol. The van der Waals surface area contributed by atoms with Crippen molar-refractivity contribution in [3.05, 3.63) is 60.2 Å². The Morgan fingerprint density at radius 1 is 0.947 bits per heavy atom. The summed E-state index contributed by atoms with van der Waals surface area (Å²) >= 11 is 0. The van der Waals surface area contributed by atoms with Gasteiger partial charge < -0.3 is 4.74 Å². The highest BCUT2D eigenvalue weighted by molar-refractivity contribution is 7.87. The van der Waals surface area contributed by atoms with Crippen LogP contribution in [-0.2, 0) is 20.1 Å². The van der Waals surface area contributed by atoms with Crippen molar-refractivity contribution in [1.82, 2.24) is 0 Å². The molecule has 19 heavy (non-hydrogen) atoms. The average Bonchev–Trinajstić information content (AvgIpc) is 2.39. The Hall–Kier alpha value is -1.85. The molecular formula is C14H12O4S. The molecule has 0 aromatic heterocycles. The summed E-state index contributed by atoms with van der Waals surface area (Å²) in [5.41, 5.74) is 0.646. The van der Waals surface area contributed by atoms with Gasteiger partial charge in [0.1, 0.15) is 10.6 Å². The first-order chi connectivity index (χ1) is 9.01. The Bertz CT molecular complexity index is 709. The lowest BCUT2D eigenvalue weighted by Crippen LogP contribution is -2.39. The summed E-state index contributed by atoms with van der Waals surface area (Å²) < 4.78 is 35.3. The molecule has 0 amide bonds. The minimum Gasteiger partial charge on any atom is -0.456 e. The minimum atomic E-state index is -3.82. The van der Waals surface area contributed by atoms with Crippen molar-refractivity contribution in [2.24, 2.45) is 0 Å². The number of hydrogen-bond acceptors (Lipinski definition) is 4. The molecule has 2 aromatic carbocycles. The molecule has 1 unspecified atom stereocenters. The maximum Gasteiger partial charge on any atom is 0.304 e. The van der Waals surface area contributed by atoms with Crippen molar-refractivity contribution in [2.45, 2.75) is 17.6 Å². The van der Waals surface area contributed by atoms with Crippen LogP contribution < -0.4 is 4.74 Å². The third-order valence-corrected chi connectivity index (χ3v) is 4.40. The van der Waals surface area contributed by atoms with E-state index in [1.807, 2.05) is 6.07 Å². The van der Waals surface area contributed by atoms with Crippen molar-refractivity contribution in [1.29, 1.82) is 0 Å². The smallest absolute Gasteiger partial charge is 0.304 e. The van der Waals surface area contributed by atoms with Crippen LogP contribution in [-0.4, -0.2) is 8.42 Å². The molecule has 0 saturated carbocycles. The average molecular weight is 276 g/mol. The van der Waals surface area contributed by atoms with Crippen LogP contribution in [0.2, 0.25) is 0 Å². The summed E-state index contributed by atoms with van der Waals surface area (Å²) in [6, 6.07) is 15.4. The molecule has 0 N–H and O–H groups in total. The third kappa shape index (κ3) is 2.01. The van der Waals surface area contributed by atoms with Gasteiger partial charge in [0.2, 0.25) is 0 Å². The van der Waals surface area contributed by atoms with Gasteiger partial charge in [-0.1, -0.05) is 42.5 Å². The van der Waals surface area contributed by atoms with Crippen molar-refractivity contribution >= 4 is 10.1 Å². The van der Waals surface area contributed by atoms with E-state index < -0.39 is 15.9 Å². The van der Waals surface area contributed by atoms with Gasteiger partial charge in [-0.3, -0.25) is 0 Å². The minimum absolute atomic E-state index is 0.0587. The van der Waals surface area contributed by atoms with Crippen molar-refractivity contribution in [3.63, 3.8) is 0 Å². The summed E-state index contributed by atoms with van der Waals surface area (Å²) in [5, 5.41) is 0. The van der Waals surface area contributed by atoms with Gasteiger partial charge in [0, 0.05) is 12.5 Å². The number of para-hydroxylation sites is 1. The first kappa shape index (κ1) is 12.2. The predicted octanol–water partition coefficient (Wildman–Crippen LogP) is 2.66. The summed E-state index contributed by atoms with van der Waals surface area (Å²) in [6.07, 6.45) is 0. The van der Waals surface area contributed by atoms with Crippen LogP contribution in [0.5, 0.6) is 5.75 Å². The van der Waals surface area contributed by atoms with Crippen LogP contribution in [0.4, 0.5) is 0 Å². The topological polar surface area (TPSA) is 52.6 Å². The summed E-state index contributed by atoms with van der Waals surface area (Å²) in [7, 11) is -3.82. The monoisotopic (exact) mass is 276 g/mol. The fourth-order valence-electron chi connectivity index (χ4n) is 2.07. The van der Waals surface area contributed by atoms with Crippen molar-refractivity contribution in [2.75, 3.05) is 0 Å². The van der Waals surface area contributed by atoms with E-state index in [-0.39, 0.29) is 4.90 Å². The highest BCUT2D eigenvalue weighted by Gasteiger charge is 2.42. The first-order valence-corrected chi connectivity index (χ1v) is 7.21. The molecule has 4 nitrogen and oxygen atoms in total. The largest absolute Gasteiger partial charge is 0.456 e. The van der Waals surface area contributed by atoms with Crippen LogP contribution in [0.15, 0.2) is 59.5 Å². The van der Waals surface area contributed by atoms with Gasteiger partial charge in [0.05, 0.1) is 0 Å². The van der Waals surface area contributed by atoms with Crippen LogP contribution >= 0.6 is 0 Å². The molecule has 0 bridgehead atoms. The van der Waals surface area contributed by atoms with Gasteiger partial charge in [-0.2, -0.15) is 8.42 Å². The molecule has 3 rings (SSSR count). The normalized spacial score (nSPS) is 24.3. The van der Waals surface area contributed by atoms with Gasteiger partial charge in [-0.25, -0.2) is 4.18 Å². The standard InChI is InChI=1S/C14H12O4S/c1-14(11-7-3-2-4-8-11)17-12-9-5-6-10-13(12)19(15,16)18-14/h2-10H,1H3. The molecule has 0 radical (unpaired) electrons. The molecule has 1 atom stereocenters. The Kier molecular flexibility index (Phi) is 2.62. The molecule has 2 aromatic rings. The summed E-state index contributed by atoms with van der Waals surface area (Å²) in [5.74, 6) is -1.03. The van der Waals surface area contributed by atoms with Crippen LogP contribution in [0.1, 0.15) is 12.5 Å². The fraction of sp³-hybridized carbons (Fsp3) is 0.143. The van der Waals surface area contributed by atoms with E-state index in [1.165, 1.54) is 6.07 Å². The molecule has 1 aliphatic heterocycles. The molecule has 1 aliphatic rings. The Labute approximate surface area is 111 Å². The molecule has 1 heterocycles. The zero-order valence-electron chi connectivity index (χ0n) is 10.2. The van der Waals surface area contributed by atoms with E-state index in [0.717, 1.165) is 0 Å². The molecule has 0 aliphatic carbocycles. The Balaban J connectivity index is 2.15. The van der Waals surface area contributed by atoms with Crippen LogP contribution in [0, 0.1) is 0 Å². The zero-order chi connectivity index (χ0) is 13.5. The van der Waals surface area contributed by atoms with E-state index in [4.69, 9.17) is 8.92 Å². The van der Waals surface area contributed by atoms with Crippen LogP contribution in [0.3, 0.4) is 0 Å². The van der Waals surface area contributed by atoms with E-state index in [1.54, 1.807) is 49.4 Å². The Morgan fingerprint density at radius 2 is 1.58 bits per heavy atom. The second-order valence-corrected chi connectivity index (χ2v) is 5.91. The van der Waals surface area contributed by atoms with E-state index >= 15 is 0 Å².